The summed E-state index contributed by atoms with van der Waals surface area (Å²) in [6, 6.07) is 25.0. The second kappa shape index (κ2) is 30.9. The average Bonchev–Trinajstić information content (AvgIpc) is 1.67. The van der Waals surface area contributed by atoms with Crippen molar-refractivity contribution in [2.45, 2.75) is 139 Å². The van der Waals surface area contributed by atoms with Crippen LogP contribution in [0.2, 0.25) is 0 Å². The number of aryl methyl sites for hydroxylation is 3. The molecule has 6 aromatic heterocycles. The van der Waals surface area contributed by atoms with Crippen LogP contribution in [0.15, 0.2) is 119 Å². The van der Waals surface area contributed by atoms with E-state index >= 15 is 0 Å². The van der Waals surface area contributed by atoms with Crippen molar-refractivity contribution in [1.29, 1.82) is 0 Å². The van der Waals surface area contributed by atoms with Gasteiger partial charge >= 0.3 is 12.2 Å². The van der Waals surface area contributed by atoms with Crippen LogP contribution in [0.25, 0.3) is 41.8 Å². The smallest absolute Gasteiger partial charge is 0.410 e. The van der Waals surface area contributed by atoms with Crippen molar-refractivity contribution < 1.29 is 19.1 Å². The number of thiophene rings is 3. The Bertz CT molecular complexity index is 4200. The van der Waals surface area contributed by atoms with Gasteiger partial charge in [0.2, 0.25) is 0 Å². The fourth-order valence-electron chi connectivity index (χ4n) is 10.8. The van der Waals surface area contributed by atoms with Gasteiger partial charge in [-0.3, -0.25) is 0 Å². The van der Waals surface area contributed by atoms with Crippen LogP contribution < -0.4 is 38.5 Å². The summed E-state index contributed by atoms with van der Waals surface area (Å²) in [7, 11) is 0. The number of halogens is 1. The van der Waals surface area contributed by atoms with Gasteiger partial charge in [0, 0.05) is 59.5 Å². The second-order valence-corrected chi connectivity index (χ2v) is 30.5. The van der Waals surface area contributed by atoms with E-state index in [-0.39, 0.29) is 30.3 Å². The molecule has 0 bridgehead atoms. The van der Waals surface area contributed by atoms with Crippen LogP contribution in [-0.2, 0) is 9.47 Å². The van der Waals surface area contributed by atoms with Crippen LogP contribution in [0.1, 0.15) is 150 Å². The van der Waals surface area contributed by atoms with Crippen molar-refractivity contribution in [2.75, 3.05) is 72.4 Å². The van der Waals surface area contributed by atoms with Gasteiger partial charge in [-0.15, -0.1) is 34.0 Å². The number of rotatable bonds is 11. The summed E-state index contributed by atoms with van der Waals surface area (Å²) < 4.78 is 11.8. The number of nitrogens with two attached hydrogens (primary N) is 3. The maximum Gasteiger partial charge on any atom is 0.410 e. The fourth-order valence-corrected chi connectivity index (χ4v) is 14.4. The molecule has 10 N–H and O–H groups in total. The minimum Gasteiger partial charge on any atom is -0.444 e. The summed E-state index contributed by atoms with van der Waals surface area (Å²) in [5, 5.41) is 17.0. The van der Waals surface area contributed by atoms with Crippen molar-refractivity contribution >= 4 is 138 Å². The molecule has 19 nitrogen and oxygen atoms in total. The molecule has 9 heterocycles. The number of nitrogens with zero attached hydrogens (tertiary/aromatic N) is 8. The number of ether oxygens (including phenoxy) is 2. The highest BCUT2D eigenvalue weighted by Gasteiger charge is 2.26. The highest BCUT2D eigenvalue weighted by atomic mass is 79.9. The third-order valence-corrected chi connectivity index (χ3v) is 19.3. The summed E-state index contributed by atoms with van der Waals surface area (Å²) in [6.07, 6.45) is 13.6. The standard InChI is InChI=1S/C25H31N5O2S.C20H23N5S.C15H15BrN4S.C11H19NO2/c1-15-10-18(12-19(26)11-15)16(2)29-22-20-13-21(33-23(20)28-14-27-22)17-6-8-30(9-7-17)24(31)32-25(3,4)5;1-12-7-15(9-16(21)8-12)13(2)25-19-17-10-18(14-3-5-22-6-4-14)26-20(17)24-11-23-19;1-8-3-10(5-11(17)4-8)9(2)20-14-12-6-13(16)21-15(12)19-7-18-14;1-9-5-7-12(8-6-9)10(13)14-11(2,3)4/h6,10-14,16H,7-9,26H2,1-5H3,(H,27,28,29);3,7-11,13,22H,4-6,21H2,1-2H3,(H,23,24,25);3-7,9H,17H2,1-2H3,(H,18,19,20);5H,6-8H2,1-4H3/t16-;13-;9-;/m111./s1. The lowest BCUT2D eigenvalue weighted by Crippen LogP contribution is -2.39. The van der Waals surface area contributed by atoms with E-state index in [0.717, 1.165) is 146 Å². The lowest BCUT2D eigenvalue weighted by atomic mass is 10.0. The Morgan fingerprint density at radius 3 is 1.28 bits per heavy atom. The van der Waals surface area contributed by atoms with Crippen LogP contribution in [0, 0.1) is 20.8 Å². The maximum atomic E-state index is 12.3. The normalized spacial score (nSPS) is 15.1. The zero-order valence-corrected chi connectivity index (χ0v) is 60.1. The van der Waals surface area contributed by atoms with E-state index in [0.29, 0.717) is 19.6 Å². The molecule has 0 spiro atoms. The number of benzene rings is 3. The molecule has 3 atom stereocenters. The van der Waals surface area contributed by atoms with E-state index < -0.39 is 11.2 Å². The highest BCUT2D eigenvalue weighted by molar-refractivity contribution is 9.11. The zero-order chi connectivity index (χ0) is 67.6. The summed E-state index contributed by atoms with van der Waals surface area (Å²) in [5.41, 5.74) is 30.3. The Hall–Kier alpha value is -8.22. The minimum atomic E-state index is -0.490. The first kappa shape index (κ1) is 70.1. The Kier molecular flexibility index (Phi) is 23.0. The Labute approximate surface area is 572 Å². The Morgan fingerprint density at radius 1 is 0.521 bits per heavy atom. The number of fused-ring (bicyclic) bond motifs is 3. The van der Waals surface area contributed by atoms with E-state index in [2.05, 4.69) is 150 Å². The number of nitrogen functional groups attached to an aromatic ring is 3. The van der Waals surface area contributed by atoms with E-state index in [4.69, 9.17) is 26.7 Å². The number of hydrogen-bond donors (Lipinski definition) is 7. The van der Waals surface area contributed by atoms with Gasteiger partial charge in [0.05, 0.1) is 38.1 Å². The van der Waals surface area contributed by atoms with Gasteiger partial charge in [-0.05, 0) is 231 Å². The SMILES string of the molecule is CC1=CCN(C(=O)OC(C)(C)C)CC1.Cc1cc(N)cc([C@@H](C)Nc2ncnc3sc(Br)cc23)c1.Cc1cc(N)cc([C@@H](C)Nc2ncnc3sc(C4=CCN(C(=O)OC(C)(C)C)CC4)cc23)c1.Cc1cc(N)cc([C@@H](C)Nc2ncnc3sc(C4=CCNCC4)cc23)c1. The van der Waals surface area contributed by atoms with Crippen molar-refractivity contribution in [2.24, 2.45) is 0 Å². The first-order chi connectivity index (χ1) is 44.6. The van der Waals surface area contributed by atoms with Gasteiger partial charge < -0.3 is 57.7 Å². The van der Waals surface area contributed by atoms with Gasteiger partial charge in [-0.1, -0.05) is 42.0 Å². The summed E-state index contributed by atoms with van der Waals surface area (Å²) in [6.45, 7) is 30.5. The molecule has 3 aromatic carbocycles. The molecule has 23 heteroatoms. The largest absolute Gasteiger partial charge is 0.444 e. The Morgan fingerprint density at radius 2 is 0.915 bits per heavy atom. The molecule has 0 saturated carbocycles. The molecule has 0 fully saturated rings. The van der Waals surface area contributed by atoms with Crippen LogP contribution in [0.5, 0.6) is 0 Å². The molecule has 3 aliphatic rings. The maximum absolute atomic E-state index is 12.3. The predicted octanol–water partition coefficient (Wildman–Crippen LogP) is 17.0. The number of nitrogens with one attached hydrogen (secondary N) is 4. The molecular weight excluding hydrogens is 1300 g/mol. The number of amides is 2. The summed E-state index contributed by atoms with van der Waals surface area (Å²) in [5.74, 6) is 2.52. The van der Waals surface area contributed by atoms with Gasteiger partial charge in [-0.2, -0.15) is 0 Å². The third-order valence-electron chi connectivity index (χ3n) is 15.5. The summed E-state index contributed by atoms with van der Waals surface area (Å²) in [4.78, 5) is 59.4. The topological polar surface area (TPSA) is 263 Å². The number of anilines is 6. The van der Waals surface area contributed by atoms with Crippen LogP contribution in [-0.4, -0.2) is 102 Å². The Balaban J connectivity index is 0.000000154. The van der Waals surface area contributed by atoms with Crippen molar-refractivity contribution in [3.63, 3.8) is 0 Å². The van der Waals surface area contributed by atoms with E-state index in [1.807, 2.05) is 97.9 Å². The molecule has 94 heavy (non-hydrogen) atoms. The van der Waals surface area contributed by atoms with Crippen LogP contribution in [0.4, 0.5) is 44.1 Å². The number of carbonyl (C=O) groups is 2. The fraction of sp³-hybridized carbons (Fsp3) is 0.380. The number of aromatic nitrogens is 6. The van der Waals surface area contributed by atoms with E-state index in [1.165, 1.54) is 21.6 Å². The molecular formula is C71H88BrN15O4S3. The molecule has 0 saturated heterocycles. The van der Waals surface area contributed by atoms with Gasteiger partial charge in [0.1, 0.15) is 62.1 Å². The zero-order valence-electron chi connectivity index (χ0n) is 56.0. The van der Waals surface area contributed by atoms with Gasteiger partial charge in [-0.25, -0.2) is 39.5 Å². The minimum absolute atomic E-state index is 0.0462. The van der Waals surface area contributed by atoms with Crippen LogP contribution >= 0.6 is 49.9 Å². The molecule has 9 aromatic rings. The van der Waals surface area contributed by atoms with E-state index in [9.17, 15) is 9.59 Å². The lowest BCUT2D eigenvalue weighted by Gasteiger charge is -2.29. The highest BCUT2D eigenvalue weighted by Crippen LogP contribution is 2.39. The van der Waals surface area contributed by atoms with Crippen LogP contribution in [0.3, 0.4) is 0 Å². The first-order valence-electron chi connectivity index (χ1n) is 31.6. The van der Waals surface area contributed by atoms with Crippen molar-refractivity contribution in [3.05, 3.63) is 163 Å². The molecule has 3 aliphatic heterocycles. The monoisotopic (exact) mass is 1390 g/mol. The van der Waals surface area contributed by atoms with Crippen molar-refractivity contribution in [3.8, 4) is 0 Å². The lowest BCUT2D eigenvalue weighted by molar-refractivity contribution is 0.0257. The van der Waals surface area contributed by atoms with Gasteiger partial charge in [0.15, 0.2) is 0 Å². The quantitative estimate of drug-likeness (QED) is 0.0469. The molecule has 496 valence electrons. The van der Waals surface area contributed by atoms with Crippen molar-refractivity contribution in [1.82, 2.24) is 45.0 Å². The number of hydrogen-bond acceptors (Lipinski definition) is 20. The predicted molar refractivity (Wildman–Crippen MR) is 395 cm³/mol. The molecule has 0 unspecified atom stereocenters. The molecule has 0 aliphatic carbocycles. The second-order valence-electron chi connectivity index (χ2n) is 26.0. The van der Waals surface area contributed by atoms with Gasteiger partial charge in [0.25, 0.3) is 0 Å². The molecule has 12 rings (SSSR count). The van der Waals surface area contributed by atoms with E-state index in [1.54, 1.807) is 62.8 Å². The molecule has 0 radical (unpaired) electrons. The first-order valence-corrected chi connectivity index (χ1v) is 34.9. The molecule has 2 amide bonds. The third kappa shape index (κ3) is 19.5. The summed E-state index contributed by atoms with van der Waals surface area (Å²) >= 11 is 8.48. The number of carbonyl (C=O) groups excluding carboxylic acids is 2. The average molecular weight is 1390 g/mol.